The number of halogens is 3. The number of rotatable bonds is 7. The van der Waals surface area contributed by atoms with E-state index in [2.05, 4.69) is 25.5 Å². The summed E-state index contributed by atoms with van der Waals surface area (Å²) in [5.74, 6) is 1.52. The van der Waals surface area contributed by atoms with Crippen LogP contribution in [0, 0.1) is 0 Å². The number of hydrogen-bond acceptors (Lipinski definition) is 5. The molecule has 1 atom stereocenters. The summed E-state index contributed by atoms with van der Waals surface area (Å²) in [5, 5.41) is 7.95. The van der Waals surface area contributed by atoms with Gasteiger partial charge in [-0.3, -0.25) is 9.89 Å². The number of thiazole rings is 1. The molecule has 2 aromatic heterocycles. The first-order chi connectivity index (χ1) is 14.0. The van der Waals surface area contributed by atoms with Crippen molar-refractivity contribution in [2.75, 3.05) is 33.2 Å². The Kier molecular flexibility index (Phi) is 7.54. The highest BCUT2D eigenvalue weighted by molar-refractivity contribution is 7.09. The molecule has 10 heteroatoms. The van der Waals surface area contributed by atoms with E-state index < -0.39 is 11.9 Å². The van der Waals surface area contributed by atoms with Crippen molar-refractivity contribution in [3.8, 4) is 0 Å². The third-order valence-electron chi connectivity index (χ3n) is 4.86. The second-order valence-electron chi connectivity index (χ2n) is 6.88. The molecule has 3 heterocycles. The zero-order valence-electron chi connectivity index (χ0n) is 16.3. The number of hydrogen-bond donors (Lipinski definition) is 2. The molecular formula is C19H26F3N5OS. The molecule has 0 aromatic carbocycles. The van der Waals surface area contributed by atoms with Crippen LogP contribution < -0.4 is 10.6 Å². The van der Waals surface area contributed by atoms with Crippen molar-refractivity contribution >= 4 is 17.3 Å². The standard InChI is InChI=1S/C19H26F3N5OS/c1-23-18(24-8-7-17-26-16(13-29-17)19(20,21)22)25-12-14(15-6-5-11-28-15)27-9-3-2-4-10-27/h5-6,11,13-14H,2-4,7-10,12H2,1H3,(H2,23,24,25). The van der Waals surface area contributed by atoms with E-state index in [0.29, 0.717) is 30.5 Å². The van der Waals surface area contributed by atoms with E-state index in [1.54, 1.807) is 13.3 Å². The lowest BCUT2D eigenvalue weighted by Crippen LogP contribution is -2.44. The van der Waals surface area contributed by atoms with Crippen molar-refractivity contribution in [2.24, 2.45) is 4.99 Å². The molecule has 1 saturated heterocycles. The Hall–Kier alpha value is -2.07. The van der Waals surface area contributed by atoms with Crippen molar-refractivity contribution in [1.82, 2.24) is 20.5 Å². The molecule has 0 amide bonds. The van der Waals surface area contributed by atoms with E-state index in [9.17, 15) is 13.2 Å². The van der Waals surface area contributed by atoms with Gasteiger partial charge in [0.2, 0.25) is 0 Å². The minimum atomic E-state index is -4.39. The summed E-state index contributed by atoms with van der Waals surface area (Å²) >= 11 is 1.02. The largest absolute Gasteiger partial charge is 0.468 e. The van der Waals surface area contributed by atoms with Gasteiger partial charge in [0.25, 0.3) is 0 Å². The molecule has 1 aliphatic rings. The maximum atomic E-state index is 12.6. The fourth-order valence-corrected chi connectivity index (χ4v) is 4.18. The molecule has 0 radical (unpaired) electrons. The Morgan fingerprint density at radius 2 is 2.10 bits per heavy atom. The molecular weight excluding hydrogens is 403 g/mol. The smallest absolute Gasteiger partial charge is 0.434 e. The SMILES string of the molecule is CN=C(NCCc1nc(C(F)(F)F)cs1)NCC(c1ccco1)N1CCCCC1. The summed E-state index contributed by atoms with van der Waals surface area (Å²) in [6.45, 7) is 3.14. The van der Waals surface area contributed by atoms with Crippen LogP contribution in [0.1, 0.15) is 41.8 Å². The second kappa shape index (κ2) is 10.1. The molecule has 0 saturated carbocycles. The lowest BCUT2D eigenvalue weighted by atomic mass is 10.1. The predicted octanol–water partition coefficient (Wildman–Crippen LogP) is 3.69. The van der Waals surface area contributed by atoms with Crippen molar-refractivity contribution in [3.05, 3.63) is 40.2 Å². The lowest BCUT2D eigenvalue weighted by molar-refractivity contribution is -0.140. The molecule has 29 heavy (non-hydrogen) atoms. The molecule has 0 spiro atoms. The summed E-state index contributed by atoms with van der Waals surface area (Å²) in [7, 11) is 1.67. The minimum absolute atomic E-state index is 0.108. The van der Waals surface area contributed by atoms with E-state index in [4.69, 9.17) is 4.42 Å². The normalized spacial score (nSPS) is 17.3. The lowest BCUT2D eigenvalue weighted by Gasteiger charge is -2.33. The molecule has 160 valence electrons. The topological polar surface area (TPSA) is 65.7 Å². The van der Waals surface area contributed by atoms with Crippen LogP contribution in [0.3, 0.4) is 0 Å². The fraction of sp³-hybridized carbons (Fsp3) is 0.579. The quantitative estimate of drug-likeness (QED) is 0.519. The zero-order valence-corrected chi connectivity index (χ0v) is 17.2. The van der Waals surface area contributed by atoms with Crippen LogP contribution in [0.2, 0.25) is 0 Å². The first-order valence-corrected chi connectivity index (χ1v) is 10.6. The number of likely N-dealkylation sites (tertiary alicyclic amines) is 1. The molecule has 2 N–H and O–H groups in total. The van der Waals surface area contributed by atoms with Gasteiger partial charge >= 0.3 is 6.18 Å². The Morgan fingerprint density at radius 3 is 2.72 bits per heavy atom. The first-order valence-electron chi connectivity index (χ1n) is 9.71. The van der Waals surface area contributed by atoms with Crippen LogP contribution >= 0.6 is 11.3 Å². The molecule has 1 fully saturated rings. The van der Waals surface area contributed by atoms with Crippen molar-refractivity contribution < 1.29 is 17.6 Å². The molecule has 3 rings (SSSR count). The van der Waals surface area contributed by atoms with Gasteiger partial charge in [0, 0.05) is 31.9 Å². The van der Waals surface area contributed by atoms with Crippen molar-refractivity contribution in [1.29, 1.82) is 0 Å². The highest BCUT2D eigenvalue weighted by atomic mass is 32.1. The maximum Gasteiger partial charge on any atom is 0.434 e. The van der Waals surface area contributed by atoms with Gasteiger partial charge in [-0.05, 0) is 38.1 Å². The minimum Gasteiger partial charge on any atom is -0.468 e. The maximum absolute atomic E-state index is 12.6. The van der Waals surface area contributed by atoms with Crippen LogP contribution in [-0.4, -0.2) is 49.1 Å². The number of piperidine rings is 1. The van der Waals surface area contributed by atoms with Crippen LogP contribution in [0.15, 0.2) is 33.2 Å². The van der Waals surface area contributed by atoms with Crippen molar-refractivity contribution in [3.63, 3.8) is 0 Å². The molecule has 0 aliphatic carbocycles. The van der Waals surface area contributed by atoms with Crippen LogP contribution in [-0.2, 0) is 12.6 Å². The number of furan rings is 1. The fourth-order valence-electron chi connectivity index (χ4n) is 3.38. The predicted molar refractivity (Wildman–Crippen MR) is 107 cm³/mol. The van der Waals surface area contributed by atoms with Gasteiger partial charge in [0.1, 0.15) is 5.76 Å². The number of nitrogens with zero attached hydrogens (tertiary/aromatic N) is 3. The highest BCUT2D eigenvalue weighted by Crippen LogP contribution is 2.30. The number of aromatic nitrogens is 1. The molecule has 6 nitrogen and oxygen atoms in total. The van der Waals surface area contributed by atoms with Gasteiger partial charge < -0.3 is 15.1 Å². The van der Waals surface area contributed by atoms with Gasteiger partial charge in [-0.15, -0.1) is 11.3 Å². The van der Waals surface area contributed by atoms with Crippen LogP contribution in [0.4, 0.5) is 13.2 Å². The number of aliphatic imine (C=N–C) groups is 1. The Morgan fingerprint density at radius 1 is 1.31 bits per heavy atom. The summed E-state index contributed by atoms with van der Waals surface area (Å²) in [6, 6.07) is 3.98. The summed E-state index contributed by atoms with van der Waals surface area (Å²) in [6.07, 6.45) is 1.30. The Bertz CT molecular complexity index is 769. The Labute approximate surface area is 172 Å². The monoisotopic (exact) mass is 429 g/mol. The third kappa shape index (κ3) is 6.20. The molecule has 1 unspecified atom stereocenters. The summed E-state index contributed by atoms with van der Waals surface area (Å²) in [4.78, 5) is 10.3. The number of nitrogens with one attached hydrogen (secondary N) is 2. The van der Waals surface area contributed by atoms with E-state index in [0.717, 1.165) is 35.6 Å². The van der Waals surface area contributed by atoms with Gasteiger partial charge in [-0.1, -0.05) is 6.42 Å². The van der Waals surface area contributed by atoms with Gasteiger partial charge in [-0.25, -0.2) is 4.98 Å². The summed E-state index contributed by atoms with van der Waals surface area (Å²) in [5.41, 5.74) is -0.831. The average molecular weight is 430 g/mol. The average Bonchev–Trinajstić information content (AvgIpc) is 3.39. The number of guanidine groups is 1. The summed E-state index contributed by atoms with van der Waals surface area (Å²) < 4.78 is 43.6. The zero-order chi connectivity index (χ0) is 20.7. The highest BCUT2D eigenvalue weighted by Gasteiger charge is 2.33. The molecule has 0 bridgehead atoms. The first kappa shape index (κ1) is 21.6. The van der Waals surface area contributed by atoms with E-state index in [-0.39, 0.29) is 6.04 Å². The second-order valence-corrected chi connectivity index (χ2v) is 7.82. The van der Waals surface area contributed by atoms with Gasteiger partial charge in [-0.2, -0.15) is 13.2 Å². The van der Waals surface area contributed by atoms with Crippen LogP contribution in [0.5, 0.6) is 0 Å². The third-order valence-corrected chi connectivity index (χ3v) is 5.77. The van der Waals surface area contributed by atoms with Crippen molar-refractivity contribution in [2.45, 2.75) is 37.9 Å². The van der Waals surface area contributed by atoms with Crippen LogP contribution in [0.25, 0.3) is 0 Å². The molecule has 2 aromatic rings. The van der Waals surface area contributed by atoms with E-state index in [1.807, 2.05) is 12.1 Å². The molecule has 1 aliphatic heterocycles. The Balaban J connectivity index is 1.50. The van der Waals surface area contributed by atoms with Gasteiger partial charge in [0.05, 0.1) is 17.3 Å². The van der Waals surface area contributed by atoms with Gasteiger partial charge in [0.15, 0.2) is 11.7 Å². The van der Waals surface area contributed by atoms with E-state index >= 15 is 0 Å². The number of alkyl halides is 3. The van der Waals surface area contributed by atoms with E-state index in [1.165, 1.54) is 19.3 Å².